The number of anilines is 7. The number of para-hydroxylation sites is 7. The molecule has 0 saturated heterocycles. The molecular weight excluding hydrogens is 632 g/mol. The molecule has 0 atom stereocenters. The van der Waals surface area contributed by atoms with Crippen molar-refractivity contribution in [2.75, 3.05) is 14.7 Å². The van der Waals surface area contributed by atoms with Crippen LogP contribution in [-0.4, -0.2) is 10.2 Å². The maximum atomic E-state index is 7.83. The molecule has 0 fully saturated rings. The van der Waals surface area contributed by atoms with Crippen molar-refractivity contribution < 1.29 is 0 Å². The van der Waals surface area contributed by atoms with Crippen LogP contribution in [0.1, 0.15) is 13.8 Å². The highest BCUT2D eigenvalue weighted by molar-refractivity contribution is 6.37. The molecule has 5 heteroatoms. The Kier molecular flexibility index (Phi) is 7.15. The lowest BCUT2D eigenvalue weighted by molar-refractivity contribution is 0.540. The summed E-state index contributed by atoms with van der Waals surface area (Å²) in [6.45, 7) is 4.55. The SMILES string of the molecule is CC1(C)N(c2ccccc2)c2ccccc2N1c1cc(-n2c3ccccc3c3ccccc32)cc(N(c2ccccc2)c2ccccc2)c1Cl. The second-order valence-corrected chi connectivity index (χ2v) is 13.5. The van der Waals surface area contributed by atoms with Crippen LogP contribution >= 0.6 is 11.6 Å². The summed E-state index contributed by atoms with van der Waals surface area (Å²) in [7, 11) is 0. The van der Waals surface area contributed by atoms with Gasteiger partial charge >= 0.3 is 0 Å². The smallest absolute Gasteiger partial charge is 0.116 e. The first-order valence-corrected chi connectivity index (χ1v) is 17.4. The third-order valence-electron chi connectivity index (χ3n) is 9.84. The minimum absolute atomic E-state index is 0.518. The molecule has 0 bridgehead atoms. The molecule has 0 amide bonds. The van der Waals surface area contributed by atoms with Crippen molar-refractivity contribution in [3.05, 3.63) is 181 Å². The van der Waals surface area contributed by atoms with Crippen LogP contribution in [0.3, 0.4) is 0 Å². The molecule has 1 aromatic heterocycles. The van der Waals surface area contributed by atoms with E-state index in [0.29, 0.717) is 5.02 Å². The minimum Gasteiger partial charge on any atom is -0.316 e. The van der Waals surface area contributed by atoms with Crippen LogP contribution in [-0.2, 0) is 0 Å². The van der Waals surface area contributed by atoms with Crippen molar-refractivity contribution in [3.8, 4) is 5.69 Å². The van der Waals surface area contributed by atoms with Crippen molar-refractivity contribution in [2.24, 2.45) is 0 Å². The summed E-state index contributed by atoms with van der Waals surface area (Å²) >= 11 is 7.83. The third kappa shape index (κ3) is 4.67. The first kappa shape index (κ1) is 30.1. The summed E-state index contributed by atoms with van der Waals surface area (Å²) in [5.41, 5.74) is 10.0. The van der Waals surface area contributed by atoms with Gasteiger partial charge in [-0.1, -0.05) is 115 Å². The molecule has 242 valence electrons. The minimum atomic E-state index is -0.518. The van der Waals surface area contributed by atoms with Gasteiger partial charge in [0.05, 0.1) is 44.5 Å². The summed E-state index contributed by atoms with van der Waals surface area (Å²) in [6, 6.07) is 62.1. The van der Waals surface area contributed by atoms with Crippen LogP contribution in [0, 0.1) is 0 Å². The molecule has 0 spiro atoms. The predicted molar refractivity (Wildman–Crippen MR) is 212 cm³/mol. The number of fused-ring (bicyclic) bond motifs is 4. The van der Waals surface area contributed by atoms with Gasteiger partial charge in [0.1, 0.15) is 5.66 Å². The fourth-order valence-corrected chi connectivity index (χ4v) is 8.08. The average molecular weight is 667 g/mol. The first-order chi connectivity index (χ1) is 24.5. The van der Waals surface area contributed by atoms with Gasteiger partial charge in [0, 0.05) is 27.8 Å². The van der Waals surface area contributed by atoms with Gasteiger partial charge in [-0.15, -0.1) is 0 Å². The normalized spacial score (nSPS) is 13.6. The second kappa shape index (κ2) is 11.9. The number of aromatic nitrogens is 1. The zero-order valence-electron chi connectivity index (χ0n) is 27.9. The Bertz CT molecular complexity index is 2400. The Balaban J connectivity index is 1.38. The fraction of sp³-hybridized carbons (Fsp3) is 0.0667. The van der Waals surface area contributed by atoms with E-state index in [0.717, 1.165) is 56.5 Å². The van der Waals surface area contributed by atoms with Gasteiger partial charge in [-0.25, -0.2) is 0 Å². The number of benzene rings is 7. The molecule has 8 aromatic rings. The van der Waals surface area contributed by atoms with Crippen LogP contribution in [0.2, 0.25) is 5.02 Å². The van der Waals surface area contributed by atoms with Crippen molar-refractivity contribution in [2.45, 2.75) is 19.5 Å². The van der Waals surface area contributed by atoms with E-state index in [9.17, 15) is 0 Å². The van der Waals surface area contributed by atoms with Crippen LogP contribution in [0.5, 0.6) is 0 Å². The standard InChI is InChI=1S/C45H35ClN4/c1-45(2)49(34-22-10-5-11-23-34)40-28-16-17-29-41(40)50(45)43-31-35(48-38-26-14-12-24-36(38)37-25-13-15-27-39(37)48)30-42(44(43)46)47(32-18-6-3-7-19-32)33-20-8-4-9-21-33/h3-31H,1-2H3. The Morgan fingerprint density at radius 3 is 1.48 bits per heavy atom. The van der Waals surface area contributed by atoms with Crippen molar-refractivity contribution in [1.82, 2.24) is 4.57 Å². The molecule has 9 rings (SSSR count). The van der Waals surface area contributed by atoms with Crippen molar-refractivity contribution in [1.29, 1.82) is 0 Å². The van der Waals surface area contributed by atoms with Crippen molar-refractivity contribution in [3.63, 3.8) is 0 Å². The van der Waals surface area contributed by atoms with Gasteiger partial charge in [-0.05, 0) is 86.6 Å². The van der Waals surface area contributed by atoms with E-state index in [2.05, 4.69) is 209 Å². The third-order valence-corrected chi connectivity index (χ3v) is 10.2. The van der Waals surface area contributed by atoms with E-state index in [1.54, 1.807) is 0 Å². The number of hydrogen-bond donors (Lipinski definition) is 0. The fourth-order valence-electron chi connectivity index (χ4n) is 7.80. The van der Waals surface area contributed by atoms with E-state index in [1.165, 1.54) is 10.8 Å². The lowest BCUT2D eigenvalue weighted by Crippen LogP contribution is -2.48. The number of nitrogens with zero attached hydrogens (tertiary/aromatic N) is 4. The lowest BCUT2D eigenvalue weighted by Gasteiger charge is -2.41. The molecule has 0 N–H and O–H groups in total. The van der Waals surface area contributed by atoms with Gasteiger partial charge in [0.15, 0.2) is 0 Å². The highest BCUT2D eigenvalue weighted by atomic mass is 35.5. The number of rotatable bonds is 6. The first-order valence-electron chi connectivity index (χ1n) is 17.0. The van der Waals surface area contributed by atoms with Gasteiger partial charge < -0.3 is 19.3 Å². The van der Waals surface area contributed by atoms with E-state index < -0.39 is 5.66 Å². The summed E-state index contributed by atoms with van der Waals surface area (Å²) < 4.78 is 2.38. The highest BCUT2D eigenvalue weighted by Gasteiger charge is 2.45. The maximum Gasteiger partial charge on any atom is 0.116 e. The Labute approximate surface area is 297 Å². The Morgan fingerprint density at radius 1 is 0.460 bits per heavy atom. The molecule has 2 heterocycles. The quantitative estimate of drug-likeness (QED) is 0.175. The molecule has 50 heavy (non-hydrogen) atoms. The van der Waals surface area contributed by atoms with E-state index in [4.69, 9.17) is 11.6 Å². The van der Waals surface area contributed by atoms with Crippen molar-refractivity contribution >= 4 is 73.2 Å². The lowest BCUT2D eigenvalue weighted by atomic mass is 10.1. The van der Waals surface area contributed by atoms with Crippen LogP contribution in [0.15, 0.2) is 176 Å². The Hall–Kier alpha value is -5.97. The van der Waals surface area contributed by atoms with E-state index in [-0.39, 0.29) is 0 Å². The average Bonchev–Trinajstić information content (AvgIpc) is 3.62. The Morgan fingerprint density at radius 2 is 0.920 bits per heavy atom. The number of hydrogen-bond acceptors (Lipinski definition) is 3. The monoisotopic (exact) mass is 666 g/mol. The second-order valence-electron chi connectivity index (χ2n) is 13.2. The largest absolute Gasteiger partial charge is 0.316 e. The van der Waals surface area contributed by atoms with Gasteiger partial charge in [0.25, 0.3) is 0 Å². The molecule has 7 aromatic carbocycles. The molecule has 1 aliphatic heterocycles. The van der Waals surface area contributed by atoms with E-state index in [1.807, 2.05) is 0 Å². The van der Waals surface area contributed by atoms with Crippen LogP contribution in [0.25, 0.3) is 27.5 Å². The van der Waals surface area contributed by atoms with Gasteiger partial charge in [0.2, 0.25) is 0 Å². The summed E-state index contributed by atoms with van der Waals surface area (Å²) in [5, 5.41) is 3.09. The number of halogens is 1. The van der Waals surface area contributed by atoms with E-state index >= 15 is 0 Å². The maximum absolute atomic E-state index is 7.83. The summed E-state index contributed by atoms with van der Waals surface area (Å²) in [5.74, 6) is 0. The molecule has 0 unspecified atom stereocenters. The topological polar surface area (TPSA) is 14.7 Å². The van der Waals surface area contributed by atoms with Crippen LogP contribution < -0.4 is 14.7 Å². The molecule has 0 saturated carbocycles. The summed E-state index contributed by atoms with van der Waals surface area (Å²) in [4.78, 5) is 7.09. The molecule has 0 radical (unpaired) electrons. The molecule has 0 aliphatic carbocycles. The zero-order chi connectivity index (χ0) is 33.8. The molecule has 4 nitrogen and oxygen atoms in total. The summed E-state index contributed by atoms with van der Waals surface area (Å²) in [6.07, 6.45) is 0. The molecular formula is C45H35ClN4. The van der Waals surface area contributed by atoms with Gasteiger partial charge in [-0.3, -0.25) is 0 Å². The zero-order valence-corrected chi connectivity index (χ0v) is 28.7. The molecule has 1 aliphatic rings. The van der Waals surface area contributed by atoms with Gasteiger partial charge in [-0.2, -0.15) is 0 Å². The highest BCUT2D eigenvalue weighted by Crippen LogP contribution is 2.56. The van der Waals surface area contributed by atoms with Crippen LogP contribution in [0.4, 0.5) is 39.8 Å². The predicted octanol–water partition coefficient (Wildman–Crippen LogP) is 12.9.